The lowest BCUT2D eigenvalue weighted by molar-refractivity contribution is 0.0461. The second-order valence-electron chi connectivity index (χ2n) is 4.73. The topological polar surface area (TPSA) is 24.9 Å². The molecule has 4 heteroatoms. The van der Waals surface area contributed by atoms with Gasteiger partial charge in [-0.05, 0) is 20.3 Å². The number of nitrogens with zero attached hydrogens (tertiary/aromatic N) is 2. The van der Waals surface area contributed by atoms with Gasteiger partial charge in [0.1, 0.15) is 0 Å². The zero-order valence-corrected chi connectivity index (χ0v) is 11.7. The Labute approximate surface area is 106 Å². The van der Waals surface area contributed by atoms with E-state index >= 15 is 0 Å². The van der Waals surface area contributed by atoms with E-state index in [1.165, 1.54) is 19.6 Å². The molecule has 1 saturated heterocycles. The zero-order chi connectivity index (χ0) is 12.5. The van der Waals surface area contributed by atoms with Gasteiger partial charge in [-0.1, -0.05) is 0 Å². The van der Waals surface area contributed by atoms with E-state index < -0.39 is 0 Å². The van der Waals surface area contributed by atoms with Crippen molar-refractivity contribution < 1.29 is 9.47 Å². The molecule has 0 bridgehead atoms. The van der Waals surface area contributed by atoms with Crippen molar-refractivity contribution in [3.63, 3.8) is 0 Å². The standard InChI is InChI=1S/C13H28N2O2/c1-4-17-11-9-15-8-7-14(12-13(15)2)6-5-10-16-3/h13H,4-12H2,1-3H3. The van der Waals surface area contributed by atoms with Crippen molar-refractivity contribution in [1.29, 1.82) is 0 Å². The Kier molecular flexibility index (Phi) is 7.77. The molecule has 4 nitrogen and oxygen atoms in total. The fourth-order valence-corrected chi connectivity index (χ4v) is 2.36. The summed E-state index contributed by atoms with van der Waals surface area (Å²) < 4.78 is 10.5. The molecule has 0 aliphatic carbocycles. The van der Waals surface area contributed by atoms with Gasteiger partial charge in [0, 0.05) is 59.1 Å². The monoisotopic (exact) mass is 244 g/mol. The molecule has 0 radical (unpaired) electrons. The summed E-state index contributed by atoms with van der Waals surface area (Å²) in [6.45, 7) is 12.7. The first-order valence-corrected chi connectivity index (χ1v) is 6.81. The van der Waals surface area contributed by atoms with Crippen LogP contribution in [-0.4, -0.2) is 75.5 Å². The van der Waals surface area contributed by atoms with Crippen LogP contribution in [0.5, 0.6) is 0 Å². The van der Waals surface area contributed by atoms with Gasteiger partial charge in [0.25, 0.3) is 0 Å². The van der Waals surface area contributed by atoms with E-state index in [9.17, 15) is 0 Å². The molecule has 1 aliphatic rings. The second-order valence-corrected chi connectivity index (χ2v) is 4.73. The quantitative estimate of drug-likeness (QED) is 0.596. The van der Waals surface area contributed by atoms with Crippen LogP contribution >= 0.6 is 0 Å². The Balaban J connectivity index is 2.15. The van der Waals surface area contributed by atoms with E-state index in [1.807, 2.05) is 0 Å². The zero-order valence-electron chi connectivity index (χ0n) is 11.7. The second kappa shape index (κ2) is 8.86. The lowest BCUT2D eigenvalue weighted by Gasteiger charge is -2.39. The molecular formula is C13H28N2O2. The van der Waals surface area contributed by atoms with E-state index in [0.29, 0.717) is 6.04 Å². The first kappa shape index (κ1) is 14.9. The average molecular weight is 244 g/mol. The molecular weight excluding hydrogens is 216 g/mol. The molecule has 0 N–H and O–H groups in total. The van der Waals surface area contributed by atoms with Gasteiger partial charge in [-0.3, -0.25) is 4.90 Å². The fraction of sp³-hybridized carbons (Fsp3) is 1.00. The maximum Gasteiger partial charge on any atom is 0.0593 e. The van der Waals surface area contributed by atoms with Crippen molar-refractivity contribution in [2.24, 2.45) is 0 Å². The fourth-order valence-electron chi connectivity index (χ4n) is 2.36. The minimum atomic E-state index is 0.645. The lowest BCUT2D eigenvalue weighted by Crippen LogP contribution is -2.52. The molecule has 1 aliphatic heterocycles. The smallest absolute Gasteiger partial charge is 0.0593 e. The first-order valence-electron chi connectivity index (χ1n) is 6.81. The molecule has 0 amide bonds. The average Bonchev–Trinajstić information content (AvgIpc) is 2.32. The Bertz CT molecular complexity index is 190. The number of hydrogen-bond acceptors (Lipinski definition) is 4. The molecule has 1 fully saturated rings. The van der Waals surface area contributed by atoms with Crippen LogP contribution in [0.15, 0.2) is 0 Å². The third kappa shape index (κ3) is 5.82. The largest absolute Gasteiger partial charge is 0.385 e. The summed E-state index contributed by atoms with van der Waals surface area (Å²) in [5, 5.41) is 0. The summed E-state index contributed by atoms with van der Waals surface area (Å²) in [4.78, 5) is 5.07. The minimum absolute atomic E-state index is 0.645. The van der Waals surface area contributed by atoms with Gasteiger partial charge in [0.15, 0.2) is 0 Å². The molecule has 1 atom stereocenters. The molecule has 0 spiro atoms. The number of methoxy groups -OCH3 is 1. The van der Waals surface area contributed by atoms with Crippen LogP contribution in [0.3, 0.4) is 0 Å². The molecule has 0 aromatic carbocycles. The van der Waals surface area contributed by atoms with E-state index in [0.717, 1.165) is 39.3 Å². The molecule has 0 aromatic rings. The van der Waals surface area contributed by atoms with Crippen LogP contribution in [0.25, 0.3) is 0 Å². The van der Waals surface area contributed by atoms with Crippen molar-refractivity contribution in [2.75, 3.05) is 59.7 Å². The molecule has 1 unspecified atom stereocenters. The molecule has 102 valence electrons. The van der Waals surface area contributed by atoms with E-state index in [4.69, 9.17) is 9.47 Å². The van der Waals surface area contributed by atoms with Gasteiger partial charge in [0.2, 0.25) is 0 Å². The summed E-state index contributed by atoms with van der Waals surface area (Å²) >= 11 is 0. The van der Waals surface area contributed by atoms with Gasteiger partial charge in [-0.15, -0.1) is 0 Å². The number of piperazine rings is 1. The normalized spacial score (nSPS) is 23.1. The Morgan fingerprint density at radius 1 is 1.18 bits per heavy atom. The van der Waals surface area contributed by atoms with Crippen molar-refractivity contribution >= 4 is 0 Å². The van der Waals surface area contributed by atoms with E-state index in [-0.39, 0.29) is 0 Å². The molecule has 0 saturated carbocycles. The highest BCUT2D eigenvalue weighted by Crippen LogP contribution is 2.09. The van der Waals surface area contributed by atoms with Crippen molar-refractivity contribution in [1.82, 2.24) is 9.80 Å². The highest BCUT2D eigenvalue weighted by Gasteiger charge is 2.22. The van der Waals surface area contributed by atoms with Crippen molar-refractivity contribution in [3.8, 4) is 0 Å². The van der Waals surface area contributed by atoms with E-state index in [1.54, 1.807) is 7.11 Å². The summed E-state index contributed by atoms with van der Waals surface area (Å²) in [6, 6.07) is 0.645. The predicted molar refractivity (Wildman–Crippen MR) is 70.5 cm³/mol. The summed E-state index contributed by atoms with van der Waals surface area (Å²) in [7, 11) is 1.77. The minimum Gasteiger partial charge on any atom is -0.385 e. The van der Waals surface area contributed by atoms with Crippen LogP contribution < -0.4 is 0 Å². The van der Waals surface area contributed by atoms with Crippen LogP contribution in [-0.2, 0) is 9.47 Å². The predicted octanol–water partition coefficient (Wildman–Crippen LogP) is 1.07. The van der Waals surface area contributed by atoms with Gasteiger partial charge >= 0.3 is 0 Å². The van der Waals surface area contributed by atoms with Gasteiger partial charge in [-0.25, -0.2) is 0 Å². The van der Waals surface area contributed by atoms with Crippen LogP contribution in [0, 0.1) is 0 Å². The highest BCUT2D eigenvalue weighted by atomic mass is 16.5. The SMILES string of the molecule is CCOCCN1CCN(CCCOC)CC1C. The van der Waals surface area contributed by atoms with Gasteiger partial charge in [0.05, 0.1) is 6.61 Å². The Hall–Kier alpha value is -0.160. The van der Waals surface area contributed by atoms with Crippen molar-refractivity contribution in [2.45, 2.75) is 26.3 Å². The molecule has 1 rings (SSSR count). The third-order valence-corrected chi connectivity index (χ3v) is 3.40. The summed E-state index contributed by atoms with van der Waals surface area (Å²) in [5.41, 5.74) is 0. The third-order valence-electron chi connectivity index (χ3n) is 3.40. The van der Waals surface area contributed by atoms with Crippen LogP contribution in [0.4, 0.5) is 0 Å². The number of ether oxygens (including phenoxy) is 2. The number of rotatable bonds is 8. The summed E-state index contributed by atoms with van der Waals surface area (Å²) in [5.74, 6) is 0. The maximum atomic E-state index is 5.42. The highest BCUT2D eigenvalue weighted by molar-refractivity contribution is 4.78. The lowest BCUT2D eigenvalue weighted by atomic mass is 10.2. The molecule has 17 heavy (non-hydrogen) atoms. The molecule has 1 heterocycles. The number of hydrogen-bond donors (Lipinski definition) is 0. The van der Waals surface area contributed by atoms with Gasteiger partial charge < -0.3 is 14.4 Å². The van der Waals surface area contributed by atoms with Crippen LogP contribution in [0.2, 0.25) is 0 Å². The van der Waals surface area contributed by atoms with Crippen LogP contribution in [0.1, 0.15) is 20.3 Å². The van der Waals surface area contributed by atoms with Gasteiger partial charge in [-0.2, -0.15) is 0 Å². The maximum absolute atomic E-state index is 5.42. The summed E-state index contributed by atoms with van der Waals surface area (Å²) in [6.07, 6.45) is 1.14. The Morgan fingerprint density at radius 3 is 2.65 bits per heavy atom. The van der Waals surface area contributed by atoms with Crippen molar-refractivity contribution in [3.05, 3.63) is 0 Å². The Morgan fingerprint density at radius 2 is 2.00 bits per heavy atom. The first-order chi connectivity index (χ1) is 8.27. The molecule has 0 aromatic heterocycles. The van der Waals surface area contributed by atoms with E-state index in [2.05, 4.69) is 23.6 Å².